The molecule has 0 spiro atoms. The molecule has 3 rings (SSSR count). The van der Waals surface area contributed by atoms with Crippen LogP contribution in [0.1, 0.15) is 32.6 Å². The van der Waals surface area contributed by atoms with E-state index in [0.29, 0.717) is 6.04 Å². The van der Waals surface area contributed by atoms with Gasteiger partial charge >= 0.3 is 0 Å². The van der Waals surface area contributed by atoms with Gasteiger partial charge in [-0.05, 0) is 39.8 Å². The molecule has 0 aliphatic carbocycles. The van der Waals surface area contributed by atoms with Crippen molar-refractivity contribution in [1.29, 1.82) is 0 Å². The highest BCUT2D eigenvalue weighted by molar-refractivity contribution is 5.65. The highest BCUT2D eigenvalue weighted by atomic mass is 15.3. The van der Waals surface area contributed by atoms with Crippen LogP contribution in [-0.4, -0.2) is 54.6 Å². The third-order valence-corrected chi connectivity index (χ3v) is 5.02. The number of likely N-dealkylation sites (N-methyl/N-ethyl adjacent to an activating group) is 1. The van der Waals surface area contributed by atoms with Crippen molar-refractivity contribution in [2.75, 3.05) is 43.9 Å². The van der Waals surface area contributed by atoms with Crippen LogP contribution in [0.4, 0.5) is 11.8 Å². The fraction of sp³-hybridized carbons (Fsp3) is 0.524. The first-order valence-corrected chi connectivity index (χ1v) is 9.77. The van der Waals surface area contributed by atoms with Gasteiger partial charge in [-0.2, -0.15) is 4.98 Å². The maximum Gasteiger partial charge on any atom is 0.225 e. The molecule has 0 saturated carbocycles. The number of benzene rings is 1. The van der Waals surface area contributed by atoms with Gasteiger partial charge in [0.1, 0.15) is 5.82 Å². The van der Waals surface area contributed by atoms with Gasteiger partial charge in [-0.15, -0.1) is 0 Å². The molecule has 140 valence electrons. The summed E-state index contributed by atoms with van der Waals surface area (Å²) in [6, 6.07) is 13.1. The monoisotopic (exact) mass is 353 g/mol. The number of hydrogen-bond acceptors (Lipinski definition) is 5. The molecule has 1 aromatic heterocycles. The average Bonchev–Trinajstić information content (AvgIpc) is 2.68. The number of hydrogen-bond donors (Lipinski definition) is 1. The lowest BCUT2D eigenvalue weighted by atomic mass is 10.00. The predicted molar refractivity (Wildman–Crippen MR) is 110 cm³/mol. The van der Waals surface area contributed by atoms with Crippen LogP contribution in [0.5, 0.6) is 0 Å². The van der Waals surface area contributed by atoms with Crippen molar-refractivity contribution in [2.24, 2.45) is 0 Å². The SMILES string of the molecule is CCC1CCCCN1c1cc(-c2ccccc2)nc(NCCN(C)C)n1. The summed E-state index contributed by atoms with van der Waals surface area (Å²) in [7, 11) is 4.15. The predicted octanol–water partition coefficient (Wildman–Crippen LogP) is 3.89. The van der Waals surface area contributed by atoms with Crippen LogP contribution in [0.3, 0.4) is 0 Å². The van der Waals surface area contributed by atoms with E-state index in [-0.39, 0.29) is 0 Å². The zero-order valence-electron chi connectivity index (χ0n) is 16.3. The van der Waals surface area contributed by atoms with Crippen LogP contribution in [0.2, 0.25) is 0 Å². The van der Waals surface area contributed by atoms with Crippen molar-refractivity contribution in [3.8, 4) is 11.3 Å². The van der Waals surface area contributed by atoms with Gasteiger partial charge in [0.15, 0.2) is 0 Å². The summed E-state index contributed by atoms with van der Waals surface area (Å²) in [6.07, 6.45) is 4.97. The van der Waals surface area contributed by atoms with Gasteiger partial charge in [0.2, 0.25) is 5.95 Å². The Labute approximate surface area is 157 Å². The molecule has 1 aliphatic heterocycles. The van der Waals surface area contributed by atoms with E-state index < -0.39 is 0 Å². The summed E-state index contributed by atoms with van der Waals surface area (Å²) >= 11 is 0. The van der Waals surface area contributed by atoms with E-state index >= 15 is 0 Å². The molecule has 5 heteroatoms. The molecular weight excluding hydrogens is 322 g/mol. The molecule has 1 aromatic carbocycles. The summed E-state index contributed by atoms with van der Waals surface area (Å²) in [5.41, 5.74) is 2.13. The molecule has 2 heterocycles. The molecule has 5 nitrogen and oxygen atoms in total. The van der Waals surface area contributed by atoms with Crippen LogP contribution in [0.25, 0.3) is 11.3 Å². The van der Waals surface area contributed by atoms with Gasteiger partial charge < -0.3 is 15.1 Å². The molecule has 1 saturated heterocycles. The molecule has 1 unspecified atom stereocenters. The molecule has 26 heavy (non-hydrogen) atoms. The Bertz CT molecular complexity index is 686. The lowest BCUT2D eigenvalue weighted by molar-refractivity contribution is 0.424. The number of nitrogens with one attached hydrogen (secondary N) is 1. The molecule has 1 fully saturated rings. The first-order valence-electron chi connectivity index (χ1n) is 9.77. The van der Waals surface area contributed by atoms with Gasteiger partial charge in [0, 0.05) is 37.3 Å². The Morgan fingerprint density at radius 1 is 1.15 bits per heavy atom. The summed E-state index contributed by atoms with van der Waals surface area (Å²) in [5, 5.41) is 3.41. The molecule has 0 bridgehead atoms. The van der Waals surface area contributed by atoms with E-state index in [0.717, 1.165) is 49.1 Å². The zero-order valence-corrected chi connectivity index (χ0v) is 16.3. The van der Waals surface area contributed by atoms with E-state index in [1.807, 2.05) is 6.07 Å². The van der Waals surface area contributed by atoms with Crippen LogP contribution >= 0.6 is 0 Å². The van der Waals surface area contributed by atoms with Crippen LogP contribution in [0.15, 0.2) is 36.4 Å². The first-order chi connectivity index (χ1) is 12.7. The average molecular weight is 354 g/mol. The van der Waals surface area contributed by atoms with E-state index in [1.165, 1.54) is 19.3 Å². The maximum absolute atomic E-state index is 4.86. The summed E-state index contributed by atoms with van der Waals surface area (Å²) in [5.74, 6) is 1.78. The molecule has 1 aliphatic rings. The standard InChI is InChI=1S/C21H31N5/c1-4-18-12-8-9-14-26(18)20-16-19(17-10-6-5-7-11-17)23-21(24-20)22-13-15-25(2)3/h5-7,10-11,16,18H,4,8-9,12-15H2,1-3H3,(H,22,23,24). The van der Waals surface area contributed by atoms with Crippen molar-refractivity contribution in [3.05, 3.63) is 36.4 Å². The van der Waals surface area contributed by atoms with E-state index in [4.69, 9.17) is 9.97 Å². The fourth-order valence-corrected chi connectivity index (χ4v) is 3.54. The second kappa shape index (κ2) is 8.99. The van der Waals surface area contributed by atoms with Crippen molar-refractivity contribution in [2.45, 2.75) is 38.6 Å². The smallest absolute Gasteiger partial charge is 0.225 e. The summed E-state index contributed by atoms with van der Waals surface area (Å²) in [6.45, 7) is 5.15. The molecule has 2 aromatic rings. The molecule has 1 atom stereocenters. The van der Waals surface area contributed by atoms with Gasteiger partial charge in [0.05, 0.1) is 5.69 Å². The minimum atomic E-state index is 0.580. The van der Waals surface area contributed by atoms with Crippen molar-refractivity contribution in [1.82, 2.24) is 14.9 Å². The van der Waals surface area contributed by atoms with E-state index in [2.05, 4.69) is 66.5 Å². The molecule has 1 N–H and O–H groups in total. The van der Waals surface area contributed by atoms with Crippen LogP contribution in [0, 0.1) is 0 Å². The lowest BCUT2D eigenvalue weighted by Crippen LogP contribution is -2.39. The van der Waals surface area contributed by atoms with E-state index in [1.54, 1.807) is 0 Å². The molecular formula is C21H31N5. The van der Waals surface area contributed by atoms with Crippen molar-refractivity contribution < 1.29 is 0 Å². The number of nitrogens with zero attached hydrogens (tertiary/aromatic N) is 4. The van der Waals surface area contributed by atoms with Crippen LogP contribution < -0.4 is 10.2 Å². The third kappa shape index (κ3) is 4.73. The highest BCUT2D eigenvalue weighted by Crippen LogP contribution is 2.29. The largest absolute Gasteiger partial charge is 0.353 e. The number of piperidine rings is 1. The Balaban J connectivity index is 1.91. The lowest BCUT2D eigenvalue weighted by Gasteiger charge is -2.36. The Morgan fingerprint density at radius 3 is 2.69 bits per heavy atom. The van der Waals surface area contributed by atoms with Crippen LogP contribution in [-0.2, 0) is 0 Å². The minimum absolute atomic E-state index is 0.580. The van der Waals surface area contributed by atoms with Crippen molar-refractivity contribution >= 4 is 11.8 Å². The molecule has 0 amide bonds. The number of anilines is 2. The summed E-state index contributed by atoms with van der Waals surface area (Å²) < 4.78 is 0. The zero-order chi connectivity index (χ0) is 18.4. The van der Waals surface area contributed by atoms with Gasteiger partial charge in [-0.1, -0.05) is 37.3 Å². The minimum Gasteiger partial charge on any atom is -0.353 e. The maximum atomic E-state index is 4.86. The van der Waals surface area contributed by atoms with Gasteiger partial charge in [-0.25, -0.2) is 4.98 Å². The highest BCUT2D eigenvalue weighted by Gasteiger charge is 2.23. The van der Waals surface area contributed by atoms with Gasteiger partial charge in [-0.3, -0.25) is 0 Å². The topological polar surface area (TPSA) is 44.3 Å². The summed E-state index contributed by atoms with van der Waals surface area (Å²) in [4.78, 5) is 14.3. The normalized spacial score (nSPS) is 17.5. The second-order valence-corrected chi connectivity index (χ2v) is 7.28. The molecule has 0 radical (unpaired) electrons. The van der Waals surface area contributed by atoms with Crippen molar-refractivity contribution in [3.63, 3.8) is 0 Å². The Morgan fingerprint density at radius 2 is 1.96 bits per heavy atom. The Kier molecular flexibility index (Phi) is 6.45. The Hall–Kier alpha value is -2.14. The third-order valence-electron chi connectivity index (χ3n) is 5.02. The fourth-order valence-electron chi connectivity index (χ4n) is 3.54. The van der Waals surface area contributed by atoms with E-state index in [9.17, 15) is 0 Å². The first kappa shape index (κ1) is 18.6. The van der Waals surface area contributed by atoms with Gasteiger partial charge in [0.25, 0.3) is 0 Å². The quantitative estimate of drug-likeness (QED) is 0.818. The number of rotatable bonds is 7. The second-order valence-electron chi connectivity index (χ2n) is 7.28. The number of aromatic nitrogens is 2.